The SMILES string of the molecule is C[C@@H]1CC[C@@]23CCC(=O)[C@H]2[C@]1(C)[C@H](OC(=O)COc1ccc2c(c1F)B(O)OC2)C[C@@](C)(CN1CCC1)[C@@H](O)[C@@H]3C. The molecule has 3 saturated carbocycles. The molecule has 2 aliphatic heterocycles. The molecule has 0 amide bonds. The predicted octanol–water partition coefficient (Wildman–Crippen LogP) is 2.85. The zero-order chi connectivity index (χ0) is 29.3. The minimum Gasteiger partial charge on any atom is -0.479 e. The van der Waals surface area contributed by atoms with Crippen molar-refractivity contribution in [3.05, 3.63) is 23.5 Å². The molecule has 1 aromatic carbocycles. The third kappa shape index (κ3) is 4.47. The van der Waals surface area contributed by atoms with Crippen LogP contribution in [0.2, 0.25) is 0 Å². The van der Waals surface area contributed by atoms with E-state index < -0.39 is 48.5 Å². The van der Waals surface area contributed by atoms with Crippen molar-refractivity contribution < 1.29 is 38.2 Å². The molecular weight excluding hydrogens is 528 g/mol. The van der Waals surface area contributed by atoms with Crippen LogP contribution in [0.3, 0.4) is 0 Å². The normalized spacial score (nSPS) is 40.3. The van der Waals surface area contributed by atoms with Crippen LogP contribution in [0.4, 0.5) is 4.39 Å². The number of rotatable bonds is 6. The van der Waals surface area contributed by atoms with Gasteiger partial charge in [-0.2, -0.15) is 0 Å². The van der Waals surface area contributed by atoms with E-state index >= 15 is 4.39 Å². The Hall–Kier alpha value is -2.01. The largest absolute Gasteiger partial charge is 0.494 e. The molecule has 0 radical (unpaired) electrons. The Labute approximate surface area is 242 Å². The molecule has 0 aromatic heterocycles. The Kier molecular flexibility index (Phi) is 7.32. The molecule has 224 valence electrons. The third-order valence-corrected chi connectivity index (χ3v) is 11.9. The molecule has 0 spiro atoms. The lowest BCUT2D eigenvalue weighted by Crippen LogP contribution is -2.65. The summed E-state index contributed by atoms with van der Waals surface area (Å²) in [6.07, 6.45) is 3.32. The van der Waals surface area contributed by atoms with E-state index in [0.29, 0.717) is 24.9 Å². The van der Waals surface area contributed by atoms with Gasteiger partial charge in [0.2, 0.25) is 0 Å². The fourth-order valence-corrected chi connectivity index (χ4v) is 9.26. The molecule has 0 unspecified atom stereocenters. The molecule has 8 atom stereocenters. The van der Waals surface area contributed by atoms with Crippen molar-refractivity contribution in [3.63, 3.8) is 0 Å². The van der Waals surface area contributed by atoms with Gasteiger partial charge in [-0.1, -0.05) is 33.8 Å². The van der Waals surface area contributed by atoms with Gasteiger partial charge in [-0.15, -0.1) is 0 Å². The minimum atomic E-state index is -1.37. The number of ether oxygens (including phenoxy) is 2. The summed E-state index contributed by atoms with van der Waals surface area (Å²) < 4.78 is 32.0. The van der Waals surface area contributed by atoms with Crippen molar-refractivity contribution in [2.45, 2.75) is 85.0 Å². The smallest absolute Gasteiger partial charge is 0.479 e. The van der Waals surface area contributed by atoms with Crippen LogP contribution in [-0.2, 0) is 25.6 Å². The van der Waals surface area contributed by atoms with Crippen molar-refractivity contribution in [2.24, 2.45) is 34.0 Å². The number of halogens is 1. The lowest BCUT2D eigenvalue weighted by molar-refractivity contribution is -0.215. The highest BCUT2D eigenvalue weighted by molar-refractivity contribution is 6.61. The number of aliphatic hydroxyl groups excluding tert-OH is 1. The van der Waals surface area contributed by atoms with Gasteiger partial charge < -0.3 is 29.2 Å². The van der Waals surface area contributed by atoms with Crippen molar-refractivity contribution in [3.8, 4) is 5.75 Å². The molecule has 41 heavy (non-hydrogen) atoms. The second-order valence-electron chi connectivity index (χ2n) is 14.0. The van der Waals surface area contributed by atoms with Crippen LogP contribution >= 0.6 is 0 Å². The summed E-state index contributed by atoms with van der Waals surface area (Å²) in [4.78, 5) is 29.4. The van der Waals surface area contributed by atoms with Crippen LogP contribution in [0.1, 0.15) is 71.8 Å². The molecule has 2 N–H and O–H groups in total. The summed E-state index contributed by atoms with van der Waals surface area (Å²) in [5.41, 5.74) is -0.910. The number of carbonyl (C=O) groups excluding carboxylic acids is 2. The van der Waals surface area contributed by atoms with Crippen LogP contribution in [-0.4, -0.2) is 72.4 Å². The average molecular weight is 571 g/mol. The van der Waals surface area contributed by atoms with Crippen molar-refractivity contribution in [1.29, 1.82) is 0 Å². The van der Waals surface area contributed by atoms with Gasteiger partial charge in [0.05, 0.1) is 12.7 Å². The maximum atomic E-state index is 15.1. The highest BCUT2D eigenvalue weighted by Crippen LogP contribution is 2.68. The van der Waals surface area contributed by atoms with Gasteiger partial charge in [0.1, 0.15) is 11.9 Å². The summed E-state index contributed by atoms with van der Waals surface area (Å²) in [5, 5.41) is 22.0. The summed E-state index contributed by atoms with van der Waals surface area (Å²) in [6.45, 7) is 10.8. The fourth-order valence-electron chi connectivity index (χ4n) is 9.26. The third-order valence-electron chi connectivity index (χ3n) is 11.9. The van der Waals surface area contributed by atoms with Crippen LogP contribution in [0.25, 0.3) is 0 Å². The Morgan fingerprint density at radius 2 is 2.00 bits per heavy atom. The van der Waals surface area contributed by atoms with E-state index in [2.05, 4.69) is 32.6 Å². The van der Waals surface area contributed by atoms with Gasteiger partial charge in [-0.05, 0) is 74.1 Å². The Bertz CT molecular complexity index is 1230. The molecule has 1 saturated heterocycles. The van der Waals surface area contributed by atoms with Crippen LogP contribution in [0, 0.1) is 39.8 Å². The van der Waals surface area contributed by atoms with E-state index in [4.69, 9.17) is 14.1 Å². The molecule has 5 aliphatic rings. The quantitative estimate of drug-likeness (QED) is 0.397. The number of carbonyl (C=O) groups is 2. The number of ketones is 1. The molecule has 2 heterocycles. The average Bonchev–Trinajstić information content (AvgIpc) is 3.47. The number of esters is 1. The molecule has 1 aromatic rings. The summed E-state index contributed by atoms with van der Waals surface area (Å²) in [7, 11) is -1.37. The van der Waals surface area contributed by atoms with E-state index in [9.17, 15) is 19.7 Å². The van der Waals surface area contributed by atoms with Crippen LogP contribution < -0.4 is 10.2 Å². The van der Waals surface area contributed by atoms with E-state index in [1.54, 1.807) is 6.07 Å². The predicted molar refractivity (Wildman–Crippen MR) is 150 cm³/mol. The van der Waals surface area contributed by atoms with Gasteiger partial charge in [-0.25, -0.2) is 9.18 Å². The number of hydrogen-bond acceptors (Lipinski definition) is 8. The Morgan fingerprint density at radius 3 is 2.71 bits per heavy atom. The number of nitrogens with zero attached hydrogens (tertiary/aromatic N) is 1. The van der Waals surface area contributed by atoms with Gasteiger partial charge in [-0.3, -0.25) is 4.79 Å². The second kappa shape index (κ2) is 10.3. The number of benzene rings is 1. The molecular formula is C31H43BFNO7. The molecule has 6 rings (SSSR count). The summed E-state index contributed by atoms with van der Waals surface area (Å²) in [5.74, 6) is -1.56. The molecule has 4 fully saturated rings. The first kappa shape index (κ1) is 29.1. The van der Waals surface area contributed by atoms with Gasteiger partial charge in [0.15, 0.2) is 18.2 Å². The molecule has 10 heteroatoms. The number of aliphatic hydroxyl groups is 1. The molecule has 2 bridgehead atoms. The first-order chi connectivity index (χ1) is 19.4. The zero-order valence-corrected chi connectivity index (χ0v) is 24.7. The monoisotopic (exact) mass is 571 g/mol. The maximum Gasteiger partial charge on any atom is 0.494 e. The Morgan fingerprint density at radius 1 is 1.24 bits per heavy atom. The molecule has 8 nitrogen and oxygen atoms in total. The van der Waals surface area contributed by atoms with E-state index in [1.807, 2.05) is 0 Å². The number of fused-ring (bicyclic) bond motifs is 1. The zero-order valence-electron chi connectivity index (χ0n) is 24.7. The fraction of sp³-hybridized carbons (Fsp3) is 0.742. The highest BCUT2D eigenvalue weighted by Gasteiger charge is 2.68. The topological polar surface area (TPSA) is 106 Å². The van der Waals surface area contributed by atoms with Gasteiger partial charge >= 0.3 is 13.1 Å². The summed E-state index contributed by atoms with van der Waals surface area (Å²) in [6, 6.07) is 3.04. The number of Topliss-reactive ketones (excluding diaryl/α,β-unsaturated/α-hetero) is 1. The van der Waals surface area contributed by atoms with E-state index in [-0.39, 0.29) is 46.8 Å². The lowest BCUT2D eigenvalue weighted by Gasteiger charge is -2.62. The van der Waals surface area contributed by atoms with Gasteiger partial charge in [0.25, 0.3) is 0 Å². The minimum absolute atomic E-state index is 0.0281. The van der Waals surface area contributed by atoms with E-state index in [1.165, 1.54) is 6.07 Å². The highest BCUT2D eigenvalue weighted by atomic mass is 19.1. The lowest BCUT2D eigenvalue weighted by atomic mass is 9.44. The molecule has 3 aliphatic carbocycles. The first-order valence-electron chi connectivity index (χ1n) is 15.3. The number of hydrogen-bond donors (Lipinski definition) is 2. The first-order valence-corrected chi connectivity index (χ1v) is 15.3. The second-order valence-corrected chi connectivity index (χ2v) is 14.0. The van der Waals surface area contributed by atoms with Crippen LogP contribution in [0.15, 0.2) is 12.1 Å². The van der Waals surface area contributed by atoms with Crippen molar-refractivity contribution in [2.75, 3.05) is 26.2 Å². The van der Waals surface area contributed by atoms with Gasteiger partial charge in [0, 0.05) is 35.2 Å². The summed E-state index contributed by atoms with van der Waals surface area (Å²) >= 11 is 0. The van der Waals surface area contributed by atoms with E-state index in [0.717, 1.165) is 38.8 Å². The Balaban J connectivity index is 1.30. The standard InChI is InChI=1S/C31H43BFNO7/c1-18-8-10-31-11-9-21(35)27(31)30(18,4)23(14-29(3,28(37)19(31)2)17-34-12-5-13-34)41-24(36)16-39-22-7-6-20-15-40-32(38)25(20)26(22)33/h6-7,18-19,23,27-28,37-38H,5,8-17H2,1-4H3/t18-,19+,23-,27+,28+,29+,30+,31+/m1/s1. The van der Waals surface area contributed by atoms with Crippen LogP contribution in [0.5, 0.6) is 5.75 Å². The number of likely N-dealkylation sites (tertiary alicyclic amines) is 1. The maximum absolute atomic E-state index is 15.1. The van der Waals surface area contributed by atoms with Crippen molar-refractivity contribution in [1.82, 2.24) is 4.90 Å². The van der Waals surface area contributed by atoms with Crippen molar-refractivity contribution >= 4 is 24.3 Å².